The summed E-state index contributed by atoms with van der Waals surface area (Å²) in [4.78, 5) is 14.4. The third-order valence-electron chi connectivity index (χ3n) is 3.29. The summed E-state index contributed by atoms with van der Waals surface area (Å²) < 4.78 is 0. The first-order valence-corrected chi connectivity index (χ1v) is 7.72. The molecule has 21 heavy (non-hydrogen) atoms. The second-order valence-electron chi connectivity index (χ2n) is 4.96. The Morgan fingerprint density at radius 1 is 1.29 bits per heavy atom. The molecule has 0 radical (unpaired) electrons. The Labute approximate surface area is 129 Å². The summed E-state index contributed by atoms with van der Waals surface area (Å²) in [6.45, 7) is 7.43. The lowest BCUT2D eigenvalue weighted by atomic mass is 9.99. The summed E-state index contributed by atoms with van der Waals surface area (Å²) in [6.07, 6.45) is 6.58. The van der Waals surface area contributed by atoms with E-state index in [4.69, 9.17) is 0 Å². The minimum atomic E-state index is 0.0450. The van der Waals surface area contributed by atoms with Gasteiger partial charge in [-0.2, -0.15) is 0 Å². The Bertz CT molecular complexity index is 588. The third kappa shape index (κ3) is 3.39. The van der Waals surface area contributed by atoms with E-state index in [9.17, 15) is 9.90 Å². The molecule has 0 atom stereocenters. The molecule has 1 aromatic rings. The standard InChI is InChI=1S/C17H19NO2S/c1-4-6-13-8-12(9-14(7-5-2)16(13)19)10-15-17(20)18(3)11-21-15/h4-5,8-10,19H,1-2,6-7,11H2,3H3. The van der Waals surface area contributed by atoms with Gasteiger partial charge in [-0.05, 0) is 47.7 Å². The summed E-state index contributed by atoms with van der Waals surface area (Å²) in [6, 6.07) is 3.81. The van der Waals surface area contributed by atoms with Gasteiger partial charge in [-0.3, -0.25) is 4.79 Å². The fourth-order valence-corrected chi connectivity index (χ4v) is 3.17. The van der Waals surface area contributed by atoms with Crippen molar-refractivity contribution in [2.24, 2.45) is 0 Å². The fourth-order valence-electron chi connectivity index (χ4n) is 2.22. The molecule has 0 unspecified atom stereocenters. The second-order valence-corrected chi connectivity index (χ2v) is 5.95. The van der Waals surface area contributed by atoms with Crippen molar-refractivity contribution in [2.75, 3.05) is 12.9 Å². The number of rotatable bonds is 5. The number of phenolic OH excluding ortho intramolecular Hbond substituents is 1. The lowest BCUT2D eigenvalue weighted by molar-refractivity contribution is -0.123. The number of benzene rings is 1. The van der Waals surface area contributed by atoms with Crippen molar-refractivity contribution >= 4 is 23.7 Å². The summed E-state index contributed by atoms with van der Waals surface area (Å²) in [5.41, 5.74) is 2.56. The van der Waals surface area contributed by atoms with Crippen molar-refractivity contribution in [3.63, 3.8) is 0 Å². The molecule has 0 spiro atoms. The van der Waals surface area contributed by atoms with Crippen molar-refractivity contribution < 1.29 is 9.90 Å². The van der Waals surface area contributed by atoms with Gasteiger partial charge in [0.2, 0.25) is 0 Å². The average molecular weight is 301 g/mol. The van der Waals surface area contributed by atoms with Crippen LogP contribution in [0.3, 0.4) is 0 Å². The lowest BCUT2D eigenvalue weighted by Crippen LogP contribution is -2.18. The third-order valence-corrected chi connectivity index (χ3v) is 4.41. The highest BCUT2D eigenvalue weighted by atomic mass is 32.2. The van der Waals surface area contributed by atoms with Crippen LogP contribution in [0, 0.1) is 0 Å². The van der Waals surface area contributed by atoms with Gasteiger partial charge in [0.05, 0.1) is 10.8 Å². The van der Waals surface area contributed by atoms with Crippen LogP contribution < -0.4 is 0 Å². The van der Waals surface area contributed by atoms with Gasteiger partial charge in [-0.15, -0.1) is 13.2 Å². The molecule has 1 fully saturated rings. The molecule has 1 aliphatic heterocycles. The zero-order chi connectivity index (χ0) is 15.4. The maximum atomic E-state index is 12.0. The van der Waals surface area contributed by atoms with Crippen LogP contribution in [-0.4, -0.2) is 28.8 Å². The summed E-state index contributed by atoms with van der Waals surface area (Å²) in [7, 11) is 1.79. The molecule has 1 aliphatic rings. The maximum absolute atomic E-state index is 12.0. The second kappa shape index (κ2) is 6.68. The minimum absolute atomic E-state index is 0.0450. The van der Waals surface area contributed by atoms with E-state index in [0.717, 1.165) is 21.6 Å². The number of phenols is 1. The molecule has 1 N–H and O–H groups in total. The van der Waals surface area contributed by atoms with Gasteiger partial charge in [-0.1, -0.05) is 23.9 Å². The van der Waals surface area contributed by atoms with E-state index >= 15 is 0 Å². The largest absolute Gasteiger partial charge is 0.507 e. The van der Waals surface area contributed by atoms with Crippen LogP contribution in [0.5, 0.6) is 5.75 Å². The molecular weight excluding hydrogens is 282 g/mol. The van der Waals surface area contributed by atoms with Crippen LogP contribution in [0.4, 0.5) is 0 Å². The number of amides is 1. The van der Waals surface area contributed by atoms with Crippen LogP contribution in [0.15, 0.2) is 42.3 Å². The van der Waals surface area contributed by atoms with E-state index in [1.165, 1.54) is 11.8 Å². The van der Waals surface area contributed by atoms with Crippen molar-refractivity contribution in [1.29, 1.82) is 0 Å². The predicted molar refractivity (Wildman–Crippen MR) is 89.1 cm³/mol. The van der Waals surface area contributed by atoms with Gasteiger partial charge in [0.15, 0.2) is 0 Å². The normalized spacial score (nSPS) is 16.5. The van der Waals surface area contributed by atoms with Crippen LogP contribution in [0.25, 0.3) is 6.08 Å². The quantitative estimate of drug-likeness (QED) is 0.670. The SMILES string of the molecule is C=CCc1cc(C=C2SCN(C)C2=O)cc(CC=C)c1O. The fraction of sp³-hybridized carbons (Fsp3) is 0.235. The van der Waals surface area contributed by atoms with Crippen LogP contribution >= 0.6 is 11.8 Å². The number of allylic oxidation sites excluding steroid dienone is 2. The van der Waals surface area contributed by atoms with E-state index in [2.05, 4.69) is 13.2 Å². The molecule has 1 aromatic carbocycles. The lowest BCUT2D eigenvalue weighted by Gasteiger charge is -2.10. The first-order valence-electron chi connectivity index (χ1n) is 6.73. The Morgan fingerprint density at radius 3 is 2.29 bits per heavy atom. The zero-order valence-electron chi connectivity index (χ0n) is 12.1. The summed E-state index contributed by atoms with van der Waals surface area (Å²) in [5.74, 6) is 1.02. The van der Waals surface area contributed by atoms with E-state index in [1.807, 2.05) is 18.2 Å². The molecule has 110 valence electrons. The highest BCUT2D eigenvalue weighted by Crippen LogP contribution is 2.31. The summed E-state index contributed by atoms with van der Waals surface area (Å²) >= 11 is 1.53. The number of hydrogen-bond acceptors (Lipinski definition) is 3. The number of carbonyl (C=O) groups excluding carboxylic acids is 1. The van der Waals surface area contributed by atoms with E-state index in [0.29, 0.717) is 24.5 Å². The monoisotopic (exact) mass is 301 g/mol. The molecule has 3 nitrogen and oxygen atoms in total. The molecule has 2 rings (SSSR count). The molecule has 0 bridgehead atoms. The van der Waals surface area contributed by atoms with Crippen molar-refractivity contribution in [3.8, 4) is 5.75 Å². The van der Waals surface area contributed by atoms with Crippen molar-refractivity contribution in [3.05, 3.63) is 59.0 Å². The molecule has 4 heteroatoms. The number of aromatic hydroxyl groups is 1. The average Bonchev–Trinajstić information content (AvgIpc) is 2.76. The molecular formula is C17H19NO2S. The van der Waals surface area contributed by atoms with Crippen molar-refractivity contribution in [2.45, 2.75) is 12.8 Å². The van der Waals surface area contributed by atoms with Crippen LogP contribution in [-0.2, 0) is 17.6 Å². The molecule has 0 saturated carbocycles. The number of likely N-dealkylation sites (N-methyl/N-ethyl adjacent to an activating group) is 1. The van der Waals surface area contributed by atoms with Gasteiger partial charge in [0.1, 0.15) is 5.75 Å². The molecule has 1 heterocycles. The number of carbonyl (C=O) groups is 1. The van der Waals surface area contributed by atoms with Gasteiger partial charge in [0.25, 0.3) is 5.91 Å². The topological polar surface area (TPSA) is 40.5 Å². The molecule has 0 aliphatic carbocycles. The Balaban J connectivity index is 2.43. The van der Waals surface area contributed by atoms with Gasteiger partial charge >= 0.3 is 0 Å². The molecule has 1 saturated heterocycles. The van der Waals surface area contributed by atoms with Gasteiger partial charge in [0, 0.05) is 7.05 Å². The Hall–Kier alpha value is -1.94. The molecule has 0 aromatic heterocycles. The van der Waals surface area contributed by atoms with E-state index in [-0.39, 0.29) is 5.91 Å². The smallest absolute Gasteiger partial charge is 0.260 e. The first kappa shape index (κ1) is 15.4. The number of thioether (sulfide) groups is 1. The first-order chi connectivity index (χ1) is 10.1. The van der Waals surface area contributed by atoms with Gasteiger partial charge in [-0.25, -0.2) is 0 Å². The number of nitrogens with zero attached hydrogens (tertiary/aromatic N) is 1. The highest BCUT2D eigenvalue weighted by molar-refractivity contribution is 8.04. The van der Waals surface area contributed by atoms with Crippen LogP contribution in [0.1, 0.15) is 16.7 Å². The highest BCUT2D eigenvalue weighted by Gasteiger charge is 2.23. The van der Waals surface area contributed by atoms with E-state index < -0.39 is 0 Å². The maximum Gasteiger partial charge on any atom is 0.260 e. The summed E-state index contributed by atoms with van der Waals surface area (Å²) in [5, 5.41) is 10.2. The minimum Gasteiger partial charge on any atom is -0.507 e. The zero-order valence-corrected chi connectivity index (χ0v) is 12.9. The number of hydrogen-bond donors (Lipinski definition) is 1. The Kier molecular flexibility index (Phi) is 4.91. The van der Waals surface area contributed by atoms with E-state index in [1.54, 1.807) is 24.1 Å². The van der Waals surface area contributed by atoms with Gasteiger partial charge < -0.3 is 10.0 Å². The predicted octanol–water partition coefficient (Wildman–Crippen LogP) is 3.35. The van der Waals surface area contributed by atoms with Crippen LogP contribution in [0.2, 0.25) is 0 Å². The molecule has 1 amide bonds. The van der Waals surface area contributed by atoms with Crippen molar-refractivity contribution in [1.82, 2.24) is 4.90 Å². The Morgan fingerprint density at radius 2 is 1.86 bits per heavy atom.